The van der Waals surface area contributed by atoms with E-state index in [0.29, 0.717) is 13.2 Å². The van der Waals surface area contributed by atoms with Crippen molar-refractivity contribution in [2.75, 3.05) is 13.2 Å². The molecule has 1 atom stereocenters. The lowest BCUT2D eigenvalue weighted by Crippen LogP contribution is -2.29. The Morgan fingerprint density at radius 3 is 2.50 bits per heavy atom. The van der Waals surface area contributed by atoms with E-state index in [1.807, 2.05) is 0 Å². The van der Waals surface area contributed by atoms with E-state index in [1.54, 1.807) is 0 Å². The molecular weight excluding hydrogens is 202 g/mol. The van der Waals surface area contributed by atoms with Crippen molar-refractivity contribution in [3.05, 3.63) is 0 Å². The molecule has 1 aliphatic rings. The number of hydrogen-bond donors (Lipinski definition) is 1. The maximum absolute atomic E-state index is 11.8. The highest BCUT2D eigenvalue weighted by Crippen LogP contribution is 2.32. The second kappa shape index (κ2) is 5.67. The average Bonchev–Trinajstić information content (AvgIpc) is 2.96. The van der Waals surface area contributed by atoms with Gasteiger partial charge >= 0.3 is 5.97 Å². The topological polar surface area (TPSA) is 52.3 Å². The van der Waals surface area contributed by atoms with Crippen LogP contribution in [0.3, 0.4) is 0 Å². The zero-order chi connectivity index (χ0) is 12.2. The van der Waals surface area contributed by atoms with Crippen LogP contribution in [0.2, 0.25) is 0 Å². The van der Waals surface area contributed by atoms with Gasteiger partial charge in [-0.05, 0) is 24.2 Å². The summed E-state index contributed by atoms with van der Waals surface area (Å²) in [4.78, 5) is 11.8. The first-order valence-corrected chi connectivity index (χ1v) is 6.29. The third-order valence-corrected chi connectivity index (χ3v) is 2.94. The normalized spacial score (nSPS) is 18.2. The number of esters is 1. The summed E-state index contributed by atoms with van der Waals surface area (Å²) in [6.07, 6.45) is 4.43. The lowest BCUT2D eigenvalue weighted by atomic mass is 9.85. The fourth-order valence-electron chi connectivity index (χ4n) is 1.85. The number of ether oxygens (including phenoxy) is 1. The number of carbonyl (C=O) groups is 1. The van der Waals surface area contributed by atoms with Crippen LogP contribution in [0.25, 0.3) is 0 Å². The molecule has 0 aromatic heterocycles. The average molecular weight is 227 g/mol. The van der Waals surface area contributed by atoms with Gasteiger partial charge in [0.2, 0.25) is 0 Å². The standard InChI is InChI=1S/C13H25NO2/c1-13(2,3)8-11(9-14)12(15)16-7-6-10-4-5-10/h10-11H,4-9,14H2,1-3H3. The highest BCUT2D eigenvalue weighted by atomic mass is 16.5. The van der Waals surface area contributed by atoms with E-state index >= 15 is 0 Å². The molecule has 0 aromatic rings. The van der Waals surface area contributed by atoms with Gasteiger partial charge in [-0.15, -0.1) is 0 Å². The summed E-state index contributed by atoms with van der Waals surface area (Å²) in [7, 11) is 0. The van der Waals surface area contributed by atoms with E-state index in [9.17, 15) is 4.79 Å². The first kappa shape index (κ1) is 13.5. The Kier molecular flexibility index (Phi) is 4.78. The second-order valence-corrected chi connectivity index (χ2v) is 6.10. The summed E-state index contributed by atoms with van der Waals surface area (Å²) in [5.41, 5.74) is 5.75. The summed E-state index contributed by atoms with van der Waals surface area (Å²) >= 11 is 0. The zero-order valence-electron chi connectivity index (χ0n) is 10.8. The van der Waals surface area contributed by atoms with Crippen LogP contribution in [0.4, 0.5) is 0 Å². The summed E-state index contributed by atoms with van der Waals surface area (Å²) in [5, 5.41) is 0. The molecule has 0 radical (unpaired) electrons. The fourth-order valence-corrected chi connectivity index (χ4v) is 1.85. The minimum absolute atomic E-state index is 0.113. The summed E-state index contributed by atoms with van der Waals surface area (Å²) in [6, 6.07) is 0. The van der Waals surface area contributed by atoms with E-state index in [2.05, 4.69) is 20.8 Å². The Balaban J connectivity index is 2.24. The molecule has 16 heavy (non-hydrogen) atoms. The molecule has 0 spiro atoms. The van der Waals surface area contributed by atoms with Gasteiger partial charge in [-0.1, -0.05) is 33.6 Å². The van der Waals surface area contributed by atoms with Crippen molar-refractivity contribution >= 4 is 5.97 Å². The largest absolute Gasteiger partial charge is 0.465 e. The van der Waals surface area contributed by atoms with Crippen LogP contribution in [0.15, 0.2) is 0 Å². The van der Waals surface area contributed by atoms with E-state index < -0.39 is 0 Å². The third-order valence-electron chi connectivity index (χ3n) is 2.94. The van der Waals surface area contributed by atoms with E-state index in [-0.39, 0.29) is 17.3 Å². The van der Waals surface area contributed by atoms with Gasteiger partial charge in [-0.2, -0.15) is 0 Å². The number of rotatable bonds is 6. The smallest absolute Gasteiger partial charge is 0.310 e. The van der Waals surface area contributed by atoms with Crippen molar-refractivity contribution in [3.8, 4) is 0 Å². The van der Waals surface area contributed by atoms with Crippen LogP contribution < -0.4 is 5.73 Å². The Morgan fingerprint density at radius 2 is 2.06 bits per heavy atom. The Bertz CT molecular complexity index is 229. The lowest BCUT2D eigenvalue weighted by molar-refractivity contribution is -0.149. The van der Waals surface area contributed by atoms with Crippen LogP contribution in [-0.4, -0.2) is 19.1 Å². The van der Waals surface area contributed by atoms with Crippen molar-refractivity contribution in [1.82, 2.24) is 0 Å². The molecule has 2 N–H and O–H groups in total. The molecule has 0 bridgehead atoms. The van der Waals surface area contributed by atoms with Crippen LogP contribution in [-0.2, 0) is 9.53 Å². The molecule has 0 aromatic carbocycles. The molecule has 0 saturated heterocycles. The summed E-state index contributed by atoms with van der Waals surface area (Å²) < 4.78 is 5.27. The van der Waals surface area contributed by atoms with Crippen molar-refractivity contribution < 1.29 is 9.53 Å². The van der Waals surface area contributed by atoms with E-state index in [0.717, 1.165) is 18.8 Å². The molecular formula is C13H25NO2. The molecule has 1 fully saturated rings. The van der Waals surface area contributed by atoms with E-state index in [4.69, 9.17) is 10.5 Å². The van der Waals surface area contributed by atoms with Gasteiger partial charge in [-0.25, -0.2) is 0 Å². The first-order valence-electron chi connectivity index (χ1n) is 6.29. The quantitative estimate of drug-likeness (QED) is 0.709. The van der Waals surface area contributed by atoms with Gasteiger partial charge in [0.25, 0.3) is 0 Å². The summed E-state index contributed by atoms with van der Waals surface area (Å²) in [6.45, 7) is 7.32. The Labute approximate surface area is 98.7 Å². The molecule has 1 aliphatic carbocycles. The zero-order valence-corrected chi connectivity index (χ0v) is 10.8. The maximum atomic E-state index is 11.8. The van der Waals surface area contributed by atoms with Crippen LogP contribution in [0.1, 0.15) is 46.5 Å². The van der Waals surface area contributed by atoms with Gasteiger partial charge in [-0.3, -0.25) is 4.79 Å². The fraction of sp³-hybridized carbons (Fsp3) is 0.923. The van der Waals surface area contributed by atoms with E-state index in [1.165, 1.54) is 12.8 Å². The highest BCUT2D eigenvalue weighted by Gasteiger charge is 2.26. The SMILES string of the molecule is CC(C)(C)CC(CN)C(=O)OCCC1CC1. The van der Waals surface area contributed by atoms with Gasteiger partial charge in [0.05, 0.1) is 12.5 Å². The van der Waals surface area contributed by atoms with Gasteiger partial charge < -0.3 is 10.5 Å². The minimum atomic E-state index is -0.140. The number of carbonyl (C=O) groups excluding carboxylic acids is 1. The third kappa shape index (κ3) is 5.50. The van der Waals surface area contributed by atoms with Gasteiger partial charge in [0, 0.05) is 6.54 Å². The monoisotopic (exact) mass is 227 g/mol. The van der Waals surface area contributed by atoms with Crippen molar-refractivity contribution in [1.29, 1.82) is 0 Å². The molecule has 1 rings (SSSR count). The minimum Gasteiger partial charge on any atom is -0.465 e. The molecule has 0 heterocycles. The van der Waals surface area contributed by atoms with Crippen LogP contribution in [0, 0.1) is 17.3 Å². The molecule has 94 valence electrons. The van der Waals surface area contributed by atoms with Crippen LogP contribution in [0.5, 0.6) is 0 Å². The molecule has 3 nitrogen and oxygen atoms in total. The van der Waals surface area contributed by atoms with Gasteiger partial charge in [0.15, 0.2) is 0 Å². The maximum Gasteiger partial charge on any atom is 0.310 e. The molecule has 0 aliphatic heterocycles. The summed E-state index contributed by atoms with van der Waals surface area (Å²) in [5.74, 6) is 0.559. The van der Waals surface area contributed by atoms with Crippen molar-refractivity contribution in [2.45, 2.75) is 46.5 Å². The molecule has 1 saturated carbocycles. The predicted molar refractivity (Wildman–Crippen MR) is 64.9 cm³/mol. The van der Waals surface area contributed by atoms with Crippen molar-refractivity contribution in [2.24, 2.45) is 23.0 Å². The Hall–Kier alpha value is -0.570. The number of hydrogen-bond acceptors (Lipinski definition) is 3. The van der Waals surface area contributed by atoms with Gasteiger partial charge in [0.1, 0.15) is 0 Å². The second-order valence-electron chi connectivity index (χ2n) is 6.10. The van der Waals surface area contributed by atoms with Crippen LogP contribution >= 0.6 is 0 Å². The first-order chi connectivity index (χ1) is 7.42. The van der Waals surface area contributed by atoms with Crippen molar-refractivity contribution in [3.63, 3.8) is 0 Å². The predicted octanol–water partition coefficient (Wildman–Crippen LogP) is 2.34. The highest BCUT2D eigenvalue weighted by molar-refractivity contribution is 5.72. The molecule has 1 unspecified atom stereocenters. The Morgan fingerprint density at radius 1 is 1.44 bits per heavy atom. The molecule has 3 heteroatoms. The number of nitrogens with two attached hydrogens (primary N) is 1. The molecule has 0 amide bonds. The lowest BCUT2D eigenvalue weighted by Gasteiger charge is -2.23.